The Hall–Kier alpha value is -4.01. The number of allylic oxidation sites excluding steroid dienone is 1. The molecule has 6 rings (SSSR count). The quantitative estimate of drug-likeness (QED) is 0.0638. The maximum absolute atomic E-state index is 14.2. The molecule has 0 bridgehead atoms. The van der Waals surface area contributed by atoms with Crippen LogP contribution in [0, 0.1) is 5.41 Å². The summed E-state index contributed by atoms with van der Waals surface area (Å²) >= 11 is 1.45. The molecule has 382 valence electrons. The summed E-state index contributed by atoms with van der Waals surface area (Å²) in [6.45, 7) is 18.3. The predicted molar refractivity (Wildman–Crippen MR) is 265 cm³/mol. The number of sulfone groups is 1. The summed E-state index contributed by atoms with van der Waals surface area (Å²) in [6, 6.07) is 17.5. The van der Waals surface area contributed by atoms with Crippen LogP contribution >= 0.6 is 11.8 Å². The van der Waals surface area contributed by atoms with Crippen molar-refractivity contribution in [2.24, 2.45) is 5.41 Å². The molecule has 1 unspecified atom stereocenters. The van der Waals surface area contributed by atoms with Crippen molar-refractivity contribution in [3.63, 3.8) is 0 Å². The Kier molecular flexibility index (Phi) is 19.8. The van der Waals surface area contributed by atoms with Gasteiger partial charge in [-0.25, -0.2) is 30.3 Å². The number of nitrogens with zero attached hydrogens (tertiary/aromatic N) is 3. The number of ether oxygens (including phenoxy) is 1. The third-order valence-electron chi connectivity index (χ3n) is 13.3. The minimum absolute atomic E-state index is 0.0294. The predicted octanol–water partition coefficient (Wildman–Crippen LogP) is 10.4. The summed E-state index contributed by atoms with van der Waals surface area (Å²) in [5.74, 6) is -0.689. The molecular formula is C50H68F5N5O6S3. The fraction of sp³-hybridized carbons (Fsp3) is 0.540. The number of likely N-dealkylation sites (tertiary alicyclic amines) is 1. The van der Waals surface area contributed by atoms with E-state index in [0.717, 1.165) is 87.5 Å². The van der Waals surface area contributed by atoms with E-state index in [-0.39, 0.29) is 23.0 Å². The van der Waals surface area contributed by atoms with Gasteiger partial charge in [0.05, 0.1) is 16.2 Å². The van der Waals surface area contributed by atoms with Gasteiger partial charge in [0.2, 0.25) is 6.43 Å². The SMILES string of the molecule is C=C.COC1(C)CCN(CCC(CSc2ccccc2)Nc2ccc(S(=O)(=O)NC(=O)c3ccc(N4CCN(CC5=C(CCCC(F)F)CC(C)(C)CC5)CC4)cc3)cc2S(=O)(=O)C(F)(F)F)CC1. The van der Waals surface area contributed by atoms with Gasteiger partial charge in [-0.15, -0.1) is 24.9 Å². The first kappa shape index (κ1) is 55.9. The molecule has 11 nitrogen and oxygen atoms in total. The van der Waals surface area contributed by atoms with Crippen molar-refractivity contribution in [1.29, 1.82) is 0 Å². The number of thioether (sulfide) groups is 1. The molecule has 3 aromatic rings. The van der Waals surface area contributed by atoms with Gasteiger partial charge in [0.25, 0.3) is 25.8 Å². The number of hydrogen-bond donors (Lipinski definition) is 2. The van der Waals surface area contributed by atoms with Crippen molar-refractivity contribution in [3.05, 3.63) is 103 Å². The van der Waals surface area contributed by atoms with Crippen molar-refractivity contribution < 1.29 is 48.3 Å². The third kappa shape index (κ3) is 15.7. The van der Waals surface area contributed by atoms with Gasteiger partial charge >= 0.3 is 5.51 Å². The van der Waals surface area contributed by atoms with Crippen LogP contribution in [0.2, 0.25) is 0 Å². The Bertz CT molecular complexity index is 2410. The van der Waals surface area contributed by atoms with E-state index in [0.29, 0.717) is 50.7 Å². The van der Waals surface area contributed by atoms with Crippen LogP contribution in [-0.4, -0.2) is 121 Å². The van der Waals surface area contributed by atoms with E-state index in [1.165, 1.54) is 35.0 Å². The Morgan fingerprint density at radius 3 is 2.10 bits per heavy atom. The van der Waals surface area contributed by atoms with Gasteiger partial charge in [0, 0.05) is 93.8 Å². The fourth-order valence-electron chi connectivity index (χ4n) is 8.94. The standard InChI is InChI=1S/C48H64F5N5O6S3.C2H4/c1-46(2)21-19-37(36(32-46)9-8-12-44(49)50)33-57-27-29-58(30-28-57)39-15-13-35(14-16-39)45(59)55-67(62,63)41-17-18-42(43(31-41)66(60,61)48(51,52)53)54-38(34-65-40-10-6-5-7-11-40)20-24-56-25-22-47(3,64-4)23-26-56;1-2/h5-7,10-11,13-18,31,38,44,54H,8-9,12,19-30,32-34H2,1-4H3,(H,55,59);1-2H2. The number of carbonyl (C=O) groups excluding carboxylic acids is 1. The first-order valence-electron chi connectivity index (χ1n) is 23.4. The molecule has 0 saturated carbocycles. The first-order chi connectivity index (χ1) is 32.6. The number of carbonyl (C=O) groups is 1. The van der Waals surface area contributed by atoms with Gasteiger partial charge in [0.1, 0.15) is 4.90 Å². The van der Waals surface area contributed by atoms with Crippen molar-refractivity contribution in [3.8, 4) is 0 Å². The average Bonchev–Trinajstić information content (AvgIpc) is 3.31. The number of methoxy groups -OCH3 is 1. The number of benzene rings is 3. The van der Waals surface area contributed by atoms with Gasteiger partial charge in [-0.1, -0.05) is 43.2 Å². The van der Waals surface area contributed by atoms with Gasteiger partial charge in [-0.2, -0.15) is 13.2 Å². The molecule has 2 saturated heterocycles. The smallest absolute Gasteiger partial charge is 0.380 e. The molecule has 69 heavy (non-hydrogen) atoms. The number of halogens is 5. The van der Waals surface area contributed by atoms with Gasteiger partial charge in [-0.05, 0) is 118 Å². The molecule has 19 heteroatoms. The number of hydrogen-bond acceptors (Lipinski definition) is 11. The lowest BCUT2D eigenvalue weighted by molar-refractivity contribution is -0.0437. The zero-order valence-electron chi connectivity index (χ0n) is 40.1. The van der Waals surface area contributed by atoms with Gasteiger partial charge in [0.15, 0.2) is 0 Å². The van der Waals surface area contributed by atoms with E-state index in [4.69, 9.17) is 4.74 Å². The minimum atomic E-state index is -6.08. The number of sulfonamides is 1. The normalized spacial score (nSPS) is 18.6. The van der Waals surface area contributed by atoms with Crippen molar-refractivity contribution in [2.75, 3.05) is 75.4 Å². The monoisotopic (exact) mass is 1030 g/mol. The summed E-state index contributed by atoms with van der Waals surface area (Å²) in [5.41, 5.74) is -2.82. The number of nitrogens with one attached hydrogen (secondary N) is 2. The summed E-state index contributed by atoms with van der Waals surface area (Å²) in [6.07, 6.45) is 3.73. The zero-order chi connectivity index (χ0) is 50.6. The lowest BCUT2D eigenvalue weighted by atomic mass is 9.73. The molecule has 0 spiro atoms. The van der Waals surface area contributed by atoms with Crippen LogP contribution in [0.3, 0.4) is 0 Å². The molecule has 1 amide bonds. The molecule has 2 fully saturated rings. The van der Waals surface area contributed by atoms with Crippen LogP contribution in [-0.2, 0) is 24.6 Å². The number of amides is 1. The highest BCUT2D eigenvalue weighted by atomic mass is 32.2. The largest absolute Gasteiger partial charge is 0.501 e. The van der Waals surface area contributed by atoms with Crippen LogP contribution in [0.15, 0.2) is 112 Å². The molecule has 0 radical (unpaired) electrons. The van der Waals surface area contributed by atoms with Crippen molar-refractivity contribution >= 4 is 48.9 Å². The maximum atomic E-state index is 14.2. The maximum Gasteiger partial charge on any atom is 0.501 e. The lowest BCUT2D eigenvalue weighted by Crippen LogP contribution is -2.47. The molecule has 0 aromatic heterocycles. The highest BCUT2D eigenvalue weighted by molar-refractivity contribution is 7.99. The van der Waals surface area contributed by atoms with Gasteiger partial charge in [-0.3, -0.25) is 9.69 Å². The fourth-order valence-corrected chi connectivity index (χ4v) is 12.0. The molecular weight excluding hydrogens is 958 g/mol. The molecule has 2 heterocycles. The van der Waals surface area contributed by atoms with Crippen LogP contribution in [0.5, 0.6) is 0 Å². The summed E-state index contributed by atoms with van der Waals surface area (Å²) in [5, 5.41) is 3.01. The van der Waals surface area contributed by atoms with Crippen molar-refractivity contribution in [2.45, 2.75) is 117 Å². The summed E-state index contributed by atoms with van der Waals surface area (Å²) in [4.78, 5) is 18.9. The van der Waals surface area contributed by atoms with E-state index in [9.17, 15) is 43.6 Å². The number of piperazine rings is 1. The van der Waals surface area contributed by atoms with E-state index in [1.54, 1.807) is 19.2 Å². The first-order valence-corrected chi connectivity index (χ1v) is 27.3. The zero-order valence-corrected chi connectivity index (χ0v) is 42.6. The van der Waals surface area contributed by atoms with Crippen LogP contribution in [0.1, 0.15) is 88.9 Å². The van der Waals surface area contributed by atoms with Crippen LogP contribution < -0.4 is 14.9 Å². The Morgan fingerprint density at radius 2 is 1.49 bits per heavy atom. The molecule has 3 aromatic carbocycles. The Labute approximate surface area is 410 Å². The van der Waals surface area contributed by atoms with E-state index in [1.807, 2.05) is 42.0 Å². The molecule has 1 atom stereocenters. The number of rotatable bonds is 20. The second-order valence-electron chi connectivity index (χ2n) is 18.9. The molecule has 3 aliphatic rings. The number of piperidine rings is 1. The second kappa shape index (κ2) is 24.4. The van der Waals surface area contributed by atoms with Crippen molar-refractivity contribution in [1.82, 2.24) is 14.5 Å². The van der Waals surface area contributed by atoms with E-state index < -0.39 is 59.2 Å². The highest BCUT2D eigenvalue weighted by Crippen LogP contribution is 2.41. The molecule has 2 aliphatic heterocycles. The summed E-state index contributed by atoms with van der Waals surface area (Å²) < 4.78 is 130. The van der Waals surface area contributed by atoms with Crippen LogP contribution in [0.4, 0.5) is 33.3 Å². The number of alkyl halides is 5. The average molecular weight is 1030 g/mol. The lowest BCUT2D eigenvalue weighted by Gasteiger charge is -2.39. The van der Waals surface area contributed by atoms with Gasteiger partial charge < -0.3 is 19.9 Å². The molecule has 1 aliphatic carbocycles. The Morgan fingerprint density at radius 1 is 0.841 bits per heavy atom. The summed E-state index contributed by atoms with van der Waals surface area (Å²) in [7, 11) is -9.27. The molecule has 2 N–H and O–H groups in total. The van der Waals surface area contributed by atoms with E-state index >= 15 is 0 Å². The number of anilines is 2. The second-order valence-corrected chi connectivity index (χ2v) is 23.6. The van der Waals surface area contributed by atoms with Crippen LogP contribution in [0.25, 0.3) is 0 Å². The topological polar surface area (TPSA) is 128 Å². The minimum Gasteiger partial charge on any atom is -0.380 e. The Balaban J connectivity index is 0.00000438. The highest BCUT2D eigenvalue weighted by Gasteiger charge is 2.48. The third-order valence-corrected chi connectivity index (χ3v) is 17.3. The van der Waals surface area contributed by atoms with E-state index in [2.05, 4.69) is 47.0 Å².